The van der Waals surface area contributed by atoms with Crippen molar-refractivity contribution in [3.63, 3.8) is 0 Å². The zero-order chi connectivity index (χ0) is 43.3. The van der Waals surface area contributed by atoms with Crippen LogP contribution in [0.25, 0.3) is 0 Å². The van der Waals surface area contributed by atoms with Gasteiger partial charge in [-0.1, -0.05) is 199 Å². The zero-order valence-electron chi connectivity index (χ0n) is 38.0. The summed E-state index contributed by atoms with van der Waals surface area (Å²) < 4.78 is 32.8. The first-order valence-corrected chi connectivity index (χ1v) is 25.8. The van der Waals surface area contributed by atoms with E-state index in [2.05, 4.69) is 38.2 Å². The van der Waals surface area contributed by atoms with Crippen LogP contribution in [0.1, 0.15) is 232 Å². The third-order valence-corrected chi connectivity index (χ3v) is 11.6. The number of carbonyl (C=O) groups excluding carboxylic acids is 2. The Labute approximate surface area is 361 Å². The summed E-state index contributed by atoms with van der Waals surface area (Å²) in [6.45, 7) is 2.39. The van der Waals surface area contributed by atoms with Crippen LogP contribution in [-0.2, 0) is 32.7 Å². The first kappa shape index (κ1) is 57.4. The van der Waals surface area contributed by atoms with Crippen LogP contribution in [-0.4, -0.2) is 65.7 Å². The second kappa shape index (κ2) is 44.5. The lowest BCUT2D eigenvalue weighted by atomic mass is 10.0. The highest BCUT2D eigenvalue weighted by atomic mass is 31.2. The first-order chi connectivity index (χ1) is 28.7. The number of aliphatic hydroxyl groups is 2. The molecular weight excluding hydrogens is 767 g/mol. The molecule has 0 rings (SSSR count). The summed E-state index contributed by atoms with van der Waals surface area (Å²) in [4.78, 5) is 35.1. The van der Waals surface area contributed by atoms with Gasteiger partial charge in [0.2, 0.25) is 0 Å². The highest BCUT2D eigenvalue weighted by Gasteiger charge is 2.27. The Balaban J connectivity index is 4.20. The molecule has 59 heavy (non-hydrogen) atoms. The number of allylic oxidation sites excluding steroid dienone is 4. The van der Waals surface area contributed by atoms with Crippen LogP contribution in [0, 0.1) is 0 Å². The van der Waals surface area contributed by atoms with Crippen LogP contribution in [0.4, 0.5) is 0 Å². The van der Waals surface area contributed by atoms with Gasteiger partial charge in [0.25, 0.3) is 0 Å². The van der Waals surface area contributed by atoms with Crippen molar-refractivity contribution < 1.29 is 47.8 Å². The second-order valence-corrected chi connectivity index (χ2v) is 17.9. The number of unbranched alkanes of at least 4 members (excludes halogenated alkanes) is 28. The highest BCUT2D eigenvalue weighted by molar-refractivity contribution is 7.47. The molecule has 0 heterocycles. The number of aliphatic hydroxyl groups excluding tert-OH is 2. The number of esters is 2. The van der Waals surface area contributed by atoms with Gasteiger partial charge in [-0.05, 0) is 44.9 Å². The van der Waals surface area contributed by atoms with Crippen LogP contribution in [0.15, 0.2) is 24.3 Å². The predicted octanol–water partition coefficient (Wildman–Crippen LogP) is 13.3. The fourth-order valence-corrected chi connectivity index (χ4v) is 7.64. The minimum atomic E-state index is -4.62. The zero-order valence-corrected chi connectivity index (χ0v) is 38.9. The van der Waals surface area contributed by atoms with Crippen molar-refractivity contribution in [3.8, 4) is 0 Å². The molecule has 3 atom stereocenters. The topological polar surface area (TPSA) is 149 Å². The Morgan fingerprint density at radius 1 is 0.508 bits per heavy atom. The third kappa shape index (κ3) is 44.3. The van der Waals surface area contributed by atoms with Gasteiger partial charge in [0.1, 0.15) is 12.7 Å². The lowest BCUT2D eigenvalue weighted by Gasteiger charge is -2.20. The lowest BCUT2D eigenvalue weighted by molar-refractivity contribution is -0.161. The average Bonchev–Trinajstić information content (AvgIpc) is 3.22. The molecule has 0 aromatic rings. The first-order valence-electron chi connectivity index (χ1n) is 24.3. The Bertz CT molecular complexity index is 1040. The molecule has 0 aromatic carbocycles. The predicted molar refractivity (Wildman–Crippen MR) is 242 cm³/mol. The molecule has 0 spiro atoms. The summed E-state index contributed by atoms with van der Waals surface area (Å²) in [6, 6.07) is 0. The smallest absolute Gasteiger partial charge is 0.462 e. The molecule has 0 saturated carbocycles. The van der Waals surface area contributed by atoms with Gasteiger partial charge in [-0.15, -0.1) is 0 Å². The Hall–Kier alpha value is -1.55. The molecule has 348 valence electrons. The van der Waals surface area contributed by atoms with Gasteiger partial charge in [-0.3, -0.25) is 18.6 Å². The SMILES string of the molecule is CCCCC/C=C\C/C=C\CCCCCCCCCC(=O)OC(COC(=O)CCCCCCCCCCCCCCCCCCCCC)COP(=O)(O)OCC(O)CO. The van der Waals surface area contributed by atoms with Crippen LogP contribution in [0.2, 0.25) is 0 Å². The maximum atomic E-state index is 12.6. The molecule has 0 bridgehead atoms. The summed E-state index contributed by atoms with van der Waals surface area (Å²) >= 11 is 0. The van der Waals surface area contributed by atoms with E-state index in [-0.39, 0.29) is 19.4 Å². The van der Waals surface area contributed by atoms with E-state index < -0.39 is 51.8 Å². The van der Waals surface area contributed by atoms with Crippen LogP contribution < -0.4 is 0 Å². The van der Waals surface area contributed by atoms with Crippen molar-refractivity contribution in [1.29, 1.82) is 0 Å². The van der Waals surface area contributed by atoms with Crippen LogP contribution >= 0.6 is 7.82 Å². The molecule has 0 amide bonds. The van der Waals surface area contributed by atoms with Crippen molar-refractivity contribution in [2.75, 3.05) is 26.4 Å². The van der Waals surface area contributed by atoms with Gasteiger partial charge in [0.05, 0.1) is 19.8 Å². The molecule has 0 fully saturated rings. The second-order valence-electron chi connectivity index (χ2n) is 16.5. The number of rotatable bonds is 46. The monoisotopic (exact) mass is 859 g/mol. The average molecular weight is 859 g/mol. The summed E-state index contributed by atoms with van der Waals surface area (Å²) in [5.74, 6) is -0.922. The fraction of sp³-hybridized carbons (Fsp3) is 0.875. The standard InChI is InChI=1S/C48H91O10P/c1-3-5-7-9-11-13-15-17-19-21-22-24-25-27-29-31-33-35-37-39-47(51)55-43-46(44-57-59(53,54)56-42-45(50)41-49)58-48(52)40-38-36-34-32-30-28-26-23-20-18-16-14-12-10-8-6-4-2/h12,14,18,20,45-46,49-50H,3-11,13,15-17,19,21-44H2,1-2H3,(H,53,54)/b14-12-,20-18-. The van der Waals surface area contributed by atoms with Crippen molar-refractivity contribution in [2.24, 2.45) is 0 Å². The van der Waals surface area contributed by atoms with Crippen LogP contribution in [0.3, 0.4) is 0 Å². The highest BCUT2D eigenvalue weighted by Crippen LogP contribution is 2.43. The van der Waals surface area contributed by atoms with Gasteiger partial charge in [-0.25, -0.2) is 4.57 Å². The normalized spacial score (nSPS) is 13.9. The van der Waals surface area contributed by atoms with E-state index in [0.717, 1.165) is 51.4 Å². The van der Waals surface area contributed by atoms with Gasteiger partial charge >= 0.3 is 19.8 Å². The van der Waals surface area contributed by atoms with Gasteiger partial charge < -0.3 is 24.6 Å². The number of carbonyl (C=O) groups is 2. The quantitative estimate of drug-likeness (QED) is 0.0234. The van der Waals surface area contributed by atoms with Crippen molar-refractivity contribution in [3.05, 3.63) is 24.3 Å². The van der Waals surface area contributed by atoms with E-state index in [1.807, 2.05) is 0 Å². The molecule has 0 saturated heterocycles. The summed E-state index contributed by atoms with van der Waals surface area (Å²) in [5.41, 5.74) is 0. The van der Waals surface area contributed by atoms with E-state index in [1.54, 1.807) is 0 Å². The number of hydrogen-bond acceptors (Lipinski definition) is 9. The van der Waals surface area contributed by atoms with Crippen LogP contribution in [0.5, 0.6) is 0 Å². The van der Waals surface area contributed by atoms with E-state index >= 15 is 0 Å². The third-order valence-electron chi connectivity index (χ3n) is 10.6. The molecule has 0 aliphatic rings. The number of ether oxygens (including phenoxy) is 2. The van der Waals surface area contributed by atoms with E-state index in [0.29, 0.717) is 12.8 Å². The Kier molecular flexibility index (Phi) is 43.3. The van der Waals surface area contributed by atoms with Crippen molar-refractivity contribution in [2.45, 2.75) is 244 Å². The van der Waals surface area contributed by atoms with E-state index in [4.69, 9.17) is 23.6 Å². The molecule has 0 aromatic heterocycles. The Morgan fingerprint density at radius 3 is 1.34 bits per heavy atom. The molecule has 10 nitrogen and oxygen atoms in total. The largest absolute Gasteiger partial charge is 0.472 e. The number of hydrogen-bond donors (Lipinski definition) is 3. The summed E-state index contributed by atoms with van der Waals surface area (Å²) in [5, 5.41) is 18.4. The fourth-order valence-electron chi connectivity index (χ4n) is 6.85. The maximum absolute atomic E-state index is 12.6. The summed E-state index contributed by atoms with van der Waals surface area (Å²) in [6.07, 6.45) is 45.7. The number of phosphoric acid groups is 1. The molecule has 0 radical (unpaired) electrons. The minimum Gasteiger partial charge on any atom is -0.462 e. The van der Waals surface area contributed by atoms with Gasteiger partial charge in [0.15, 0.2) is 6.10 Å². The van der Waals surface area contributed by atoms with E-state index in [9.17, 15) is 24.2 Å². The Morgan fingerprint density at radius 2 is 0.881 bits per heavy atom. The van der Waals surface area contributed by atoms with Gasteiger partial charge in [-0.2, -0.15) is 0 Å². The van der Waals surface area contributed by atoms with Gasteiger partial charge in [0, 0.05) is 12.8 Å². The molecule has 0 aliphatic carbocycles. The molecule has 3 unspecified atom stereocenters. The maximum Gasteiger partial charge on any atom is 0.472 e. The van der Waals surface area contributed by atoms with Crippen molar-refractivity contribution >= 4 is 19.8 Å². The molecular formula is C48H91O10P. The minimum absolute atomic E-state index is 0.178. The molecule has 11 heteroatoms. The lowest BCUT2D eigenvalue weighted by Crippen LogP contribution is -2.29. The molecule has 3 N–H and O–H groups in total. The number of phosphoric ester groups is 1. The van der Waals surface area contributed by atoms with E-state index in [1.165, 1.54) is 141 Å². The summed E-state index contributed by atoms with van der Waals surface area (Å²) in [7, 11) is -4.62. The molecule has 0 aliphatic heterocycles. The van der Waals surface area contributed by atoms with Crippen molar-refractivity contribution in [1.82, 2.24) is 0 Å².